The van der Waals surface area contributed by atoms with E-state index in [4.69, 9.17) is 9.47 Å². The summed E-state index contributed by atoms with van der Waals surface area (Å²) >= 11 is 0. The van der Waals surface area contributed by atoms with Crippen molar-refractivity contribution < 1.29 is 9.47 Å². The van der Waals surface area contributed by atoms with E-state index in [1.54, 1.807) is 0 Å². The van der Waals surface area contributed by atoms with E-state index in [9.17, 15) is 0 Å². The molecule has 0 radical (unpaired) electrons. The average molecular weight is 297 g/mol. The van der Waals surface area contributed by atoms with Crippen LogP contribution in [0.5, 0.6) is 0 Å². The van der Waals surface area contributed by atoms with E-state index < -0.39 is 0 Å². The van der Waals surface area contributed by atoms with Crippen LogP contribution in [0.3, 0.4) is 0 Å². The van der Waals surface area contributed by atoms with E-state index in [0.717, 1.165) is 45.4 Å². The van der Waals surface area contributed by atoms with Crippen LogP contribution in [-0.4, -0.2) is 25.0 Å². The number of ether oxygens (including phenoxy) is 2. The summed E-state index contributed by atoms with van der Waals surface area (Å²) in [7, 11) is 0. The van der Waals surface area contributed by atoms with Gasteiger partial charge >= 0.3 is 0 Å². The molecule has 0 unspecified atom stereocenters. The first-order valence-corrected chi connectivity index (χ1v) is 8.33. The first-order chi connectivity index (χ1) is 10.8. The van der Waals surface area contributed by atoms with Gasteiger partial charge in [-0.1, -0.05) is 42.5 Å². The third-order valence-electron chi connectivity index (χ3n) is 5.02. The van der Waals surface area contributed by atoms with Crippen molar-refractivity contribution in [3.05, 3.63) is 48.0 Å². The van der Waals surface area contributed by atoms with Crippen molar-refractivity contribution in [2.24, 2.45) is 0 Å². The average Bonchev–Trinajstić information content (AvgIpc) is 3.03. The second-order valence-electron chi connectivity index (χ2n) is 6.40. The molecule has 1 aliphatic heterocycles. The molecule has 2 aromatic carbocycles. The number of rotatable bonds is 3. The fraction of sp³-hybridized carbons (Fsp3) is 0.474. The molecule has 22 heavy (non-hydrogen) atoms. The predicted octanol–water partition coefficient (Wildman–Crippen LogP) is 3.62. The summed E-state index contributed by atoms with van der Waals surface area (Å²) in [6.45, 7) is 2.45. The van der Waals surface area contributed by atoms with Gasteiger partial charge in [0.15, 0.2) is 5.79 Å². The second kappa shape index (κ2) is 5.99. The minimum Gasteiger partial charge on any atom is -0.348 e. The SMILES string of the molecule is c1ccc2c(CNC3CCC4(CC3)OCCO4)cccc2c1. The Hall–Kier alpha value is -1.42. The number of hydrogen-bond donors (Lipinski definition) is 1. The van der Waals surface area contributed by atoms with Gasteiger partial charge in [-0.25, -0.2) is 0 Å². The van der Waals surface area contributed by atoms with Crippen LogP contribution in [0, 0.1) is 0 Å². The van der Waals surface area contributed by atoms with E-state index in [1.165, 1.54) is 16.3 Å². The molecule has 2 aromatic rings. The van der Waals surface area contributed by atoms with Gasteiger partial charge in [-0.2, -0.15) is 0 Å². The minimum atomic E-state index is -0.252. The number of nitrogens with one attached hydrogen (secondary N) is 1. The van der Waals surface area contributed by atoms with Crippen molar-refractivity contribution >= 4 is 10.8 Å². The Bertz CT molecular complexity index is 633. The molecular formula is C19H23NO2. The van der Waals surface area contributed by atoms with E-state index in [1.807, 2.05) is 0 Å². The van der Waals surface area contributed by atoms with E-state index in [0.29, 0.717) is 6.04 Å². The molecule has 1 saturated heterocycles. The Morgan fingerprint density at radius 2 is 1.68 bits per heavy atom. The minimum absolute atomic E-state index is 0.252. The fourth-order valence-corrected chi connectivity index (χ4v) is 3.75. The molecular weight excluding hydrogens is 274 g/mol. The molecule has 3 heteroatoms. The highest BCUT2D eigenvalue weighted by Gasteiger charge is 2.40. The van der Waals surface area contributed by atoms with Crippen LogP contribution in [0.4, 0.5) is 0 Å². The maximum atomic E-state index is 5.80. The zero-order chi connectivity index (χ0) is 14.8. The van der Waals surface area contributed by atoms with Crippen LogP contribution in [0.1, 0.15) is 31.2 Å². The third kappa shape index (κ3) is 2.76. The lowest BCUT2D eigenvalue weighted by atomic mass is 9.90. The molecule has 116 valence electrons. The van der Waals surface area contributed by atoms with Crippen molar-refractivity contribution in [1.82, 2.24) is 5.32 Å². The Kier molecular flexibility index (Phi) is 3.87. The van der Waals surface area contributed by atoms with Gasteiger partial charge in [-0.05, 0) is 29.2 Å². The lowest BCUT2D eigenvalue weighted by Crippen LogP contribution is -2.41. The highest BCUT2D eigenvalue weighted by Crippen LogP contribution is 2.35. The Morgan fingerprint density at radius 3 is 2.50 bits per heavy atom. The van der Waals surface area contributed by atoms with Gasteiger partial charge < -0.3 is 14.8 Å². The molecule has 2 aliphatic rings. The summed E-state index contributed by atoms with van der Waals surface area (Å²) < 4.78 is 11.6. The van der Waals surface area contributed by atoms with Gasteiger partial charge in [-0.3, -0.25) is 0 Å². The van der Waals surface area contributed by atoms with Crippen LogP contribution in [0.2, 0.25) is 0 Å². The van der Waals surface area contributed by atoms with Gasteiger partial charge in [0.25, 0.3) is 0 Å². The molecule has 3 nitrogen and oxygen atoms in total. The summed E-state index contributed by atoms with van der Waals surface area (Å²) in [5.74, 6) is -0.252. The van der Waals surface area contributed by atoms with E-state index in [-0.39, 0.29) is 5.79 Å². The summed E-state index contributed by atoms with van der Waals surface area (Å²) in [5, 5.41) is 6.40. The standard InChI is InChI=1S/C19H23NO2/c1-2-7-18-15(4-1)5-3-6-16(18)14-20-17-8-10-19(11-9-17)21-12-13-22-19/h1-7,17,20H,8-14H2. The monoisotopic (exact) mass is 297 g/mol. The van der Waals surface area contributed by atoms with Gasteiger partial charge in [-0.15, -0.1) is 0 Å². The maximum absolute atomic E-state index is 5.80. The van der Waals surface area contributed by atoms with Gasteiger partial charge in [0.1, 0.15) is 0 Å². The molecule has 0 aromatic heterocycles. The zero-order valence-electron chi connectivity index (χ0n) is 12.9. The molecule has 2 fully saturated rings. The Morgan fingerprint density at radius 1 is 0.955 bits per heavy atom. The summed E-state index contributed by atoms with van der Waals surface area (Å²) in [4.78, 5) is 0. The highest BCUT2D eigenvalue weighted by atomic mass is 16.7. The van der Waals surface area contributed by atoms with Gasteiger partial charge in [0.05, 0.1) is 13.2 Å². The molecule has 1 spiro atoms. The first kappa shape index (κ1) is 14.2. The summed E-state index contributed by atoms with van der Waals surface area (Å²) in [6.07, 6.45) is 4.29. The number of benzene rings is 2. The van der Waals surface area contributed by atoms with Crippen molar-refractivity contribution in [2.75, 3.05) is 13.2 Å². The summed E-state index contributed by atoms with van der Waals surface area (Å²) in [6, 6.07) is 15.7. The van der Waals surface area contributed by atoms with Gasteiger partial charge in [0.2, 0.25) is 0 Å². The zero-order valence-corrected chi connectivity index (χ0v) is 12.9. The highest BCUT2D eigenvalue weighted by molar-refractivity contribution is 5.85. The largest absolute Gasteiger partial charge is 0.348 e. The molecule has 0 bridgehead atoms. The van der Waals surface area contributed by atoms with Crippen molar-refractivity contribution in [1.29, 1.82) is 0 Å². The molecule has 0 atom stereocenters. The normalized spacial score (nSPS) is 21.6. The van der Waals surface area contributed by atoms with Gasteiger partial charge in [0, 0.05) is 25.4 Å². The Labute approximate surface area is 131 Å². The molecule has 1 N–H and O–H groups in total. The molecule has 1 aliphatic carbocycles. The van der Waals surface area contributed by atoms with E-state index in [2.05, 4.69) is 47.8 Å². The van der Waals surface area contributed by atoms with Crippen LogP contribution in [0.25, 0.3) is 10.8 Å². The predicted molar refractivity (Wildman–Crippen MR) is 87.7 cm³/mol. The van der Waals surface area contributed by atoms with Crippen LogP contribution >= 0.6 is 0 Å². The smallest absolute Gasteiger partial charge is 0.168 e. The van der Waals surface area contributed by atoms with E-state index >= 15 is 0 Å². The molecule has 0 amide bonds. The quantitative estimate of drug-likeness (QED) is 0.938. The lowest BCUT2D eigenvalue weighted by molar-refractivity contribution is -0.179. The summed E-state index contributed by atoms with van der Waals surface area (Å²) in [5.41, 5.74) is 1.38. The maximum Gasteiger partial charge on any atom is 0.168 e. The van der Waals surface area contributed by atoms with Crippen LogP contribution in [-0.2, 0) is 16.0 Å². The van der Waals surface area contributed by atoms with Crippen LogP contribution < -0.4 is 5.32 Å². The Balaban J connectivity index is 1.38. The van der Waals surface area contributed by atoms with Crippen molar-refractivity contribution in [2.45, 2.75) is 44.1 Å². The number of hydrogen-bond acceptors (Lipinski definition) is 3. The molecule has 1 heterocycles. The van der Waals surface area contributed by atoms with Crippen LogP contribution in [0.15, 0.2) is 42.5 Å². The number of fused-ring (bicyclic) bond motifs is 1. The lowest BCUT2D eigenvalue weighted by Gasteiger charge is -2.35. The molecule has 4 rings (SSSR count). The van der Waals surface area contributed by atoms with Crippen molar-refractivity contribution in [3.8, 4) is 0 Å². The molecule has 1 saturated carbocycles. The third-order valence-corrected chi connectivity index (χ3v) is 5.02. The fourth-order valence-electron chi connectivity index (χ4n) is 3.75. The van der Waals surface area contributed by atoms with Crippen molar-refractivity contribution in [3.63, 3.8) is 0 Å². The second-order valence-corrected chi connectivity index (χ2v) is 6.40. The first-order valence-electron chi connectivity index (χ1n) is 8.33. The topological polar surface area (TPSA) is 30.5 Å².